The minimum atomic E-state index is 0.316. The summed E-state index contributed by atoms with van der Waals surface area (Å²) in [5.41, 5.74) is 1.00. The van der Waals surface area contributed by atoms with Crippen LogP contribution in [0.1, 0.15) is 32.4 Å². The van der Waals surface area contributed by atoms with Crippen LogP contribution in [0.3, 0.4) is 0 Å². The topological polar surface area (TPSA) is 50.3 Å². The molecule has 1 aromatic rings. The molecule has 1 aliphatic heterocycles. The van der Waals surface area contributed by atoms with Crippen molar-refractivity contribution in [2.24, 2.45) is 0 Å². The minimum Gasteiger partial charge on any atom is -0.375 e. The molecule has 0 aromatic carbocycles. The van der Waals surface area contributed by atoms with Gasteiger partial charge in [-0.3, -0.25) is 0 Å². The Hall–Kier alpha value is -1.36. The Balaban J connectivity index is 2.11. The number of ether oxygens (including phenoxy) is 1. The normalized spacial score (nSPS) is 19.5. The maximum Gasteiger partial charge on any atom is 0.224 e. The Morgan fingerprint density at radius 2 is 2.26 bits per heavy atom. The summed E-state index contributed by atoms with van der Waals surface area (Å²) in [6, 6.07) is 2.05. The lowest BCUT2D eigenvalue weighted by molar-refractivity contribution is 0.0381. The van der Waals surface area contributed by atoms with E-state index in [4.69, 9.17) is 4.74 Å². The molecular weight excluding hydrogens is 240 g/mol. The van der Waals surface area contributed by atoms with Crippen molar-refractivity contribution in [1.82, 2.24) is 9.97 Å². The summed E-state index contributed by atoms with van der Waals surface area (Å²) in [5.74, 6) is 1.74. The maximum absolute atomic E-state index is 5.70. The Kier molecular flexibility index (Phi) is 4.96. The first-order chi connectivity index (χ1) is 9.22. The third kappa shape index (κ3) is 3.80. The monoisotopic (exact) mass is 264 g/mol. The van der Waals surface area contributed by atoms with Crippen LogP contribution in [0.4, 0.5) is 11.8 Å². The molecule has 1 aliphatic rings. The van der Waals surface area contributed by atoms with Crippen molar-refractivity contribution in [3.63, 3.8) is 0 Å². The maximum atomic E-state index is 5.70. The molecule has 5 heteroatoms. The van der Waals surface area contributed by atoms with Crippen LogP contribution in [0.2, 0.25) is 0 Å². The van der Waals surface area contributed by atoms with E-state index in [0.717, 1.165) is 56.5 Å². The van der Waals surface area contributed by atoms with Gasteiger partial charge in [0.15, 0.2) is 0 Å². The number of hydrogen-bond acceptors (Lipinski definition) is 5. The van der Waals surface area contributed by atoms with E-state index in [1.165, 1.54) is 0 Å². The standard InChI is InChI=1S/C14H24N4O/c1-4-6-15-14-16-11(3)9-13(17-14)18-7-8-19-12(5-2)10-18/h9,12H,4-8,10H2,1-3H3,(H,15,16,17). The highest BCUT2D eigenvalue weighted by Gasteiger charge is 2.20. The fourth-order valence-corrected chi connectivity index (χ4v) is 2.20. The quantitative estimate of drug-likeness (QED) is 0.883. The van der Waals surface area contributed by atoms with Gasteiger partial charge in [-0.25, -0.2) is 4.98 Å². The van der Waals surface area contributed by atoms with Gasteiger partial charge in [0.2, 0.25) is 5.95 Å². The molecule has 1 aromatic heterocycles. The van der Waals surface area contributed by atoms with Crippen LogP contribution in [0.5, 0.6) is 0 Å². The molecule has 0 bridgehead atoms. The van der Waals surface area contributed by atoms with Crippen LogP contribution in [-0.2, 0) is 4.74 Å². The van der Waals surface area contributed by atoms with Gasteiger partial charge in [0, 0.05) is 31.4 Å². The highest BCUT2D eigenvalue weighted by atomic mass is 16.5. The number of anilines is 2. The van der Waals surface area contributed by atoms with Gasteiger partial charge >= 0.3 is 0 Å². The number of morpholine rings is 1. The first kappa shape index (κ1) is 14.1. The van der Waals surface area contributed by atoms with Crippen molar-refractivity contribution < 1.29 is 4.74 Å². The van der Waals surface area contributed by atoms with Gasteiger partial charge in [-0.05, 0) is 19.8 Å². The lowest BCUT2D eigenvalue weighted by Crippen LogP contribution is -2.42. The average Bonchev–Trinajstić information content (AvgIpc) is 2.44. The van der Waals surface area contributed by atoms with E-state index in [-0.39, 0.29) is 0 Å². The number of nitrogens with zero attached hydrogens (tertiary/aromatic N) is 3. The SMILES string of the molecule is CCCNc1nc(C)cc(N2CCOC(CC)C2)n1. The lowest BCUT2D eigenvalue weighted by atomic mass is 10.2. The molecule has 19 heavy (non-hydrogen) atoms. The van der Waals surface area contributed by atoms with E-state index in [1.807, 2.05) is 6.92 Å². The van der Waals surface area contributed by atoms with Gasteiger partial charge in [-0.15, -0.1) is 0 Å². The molecule has 0 spiro atoms. The van der Waals surface area contributed by atoms with Crippen molar-refractivity contribution in [1.29, 1.82) is 0 Å². The third-order valence-electron chi connectivity index (χ3n) is 3.29. The van der Waals surface area contributed by atoms with Gasteiger partial charge in [0.25, 0.3) is 0 Å². The second-order valence-electron chi connectivity index (χ2n) is 4.96. The molecule has 106 valence electrons. The summed E-state index contributed by atoms with van der Waals surface area (Å²) in [4.78, 5) is 11.3. The number of nitrogens with one attached hydrogen (secondary N) is 1. The van der Waals surface area contributed by atoms with Gasteiger partial charge in [-0.2, -0.15) is 4.98 Å². The smallest absolute Gasteiger partial charge is 0.224 e. The first-order valence-corrected chi connectivity index (χ1v) is 7.19. The summed E-state index contributed by atoms with van der Waals surface area (Å²) < 4.78 is 5.70. The molecular formula is C14H24N4O. The molecule has 0 aliphatic carbocycles. The predicted molar refractivity (Wildman–Crippen MR) is 77.8 cm³/mol. The highest BCUT2D eigenvalue weighted by Crippen LogP contribution is 2.19. The summed E-state index contributed by atoms with van der Waals surface area (Å²) >= 11 is 0. The van der Waals surface area contributed by atoms with Gasteiger partial charge in [-0.1, -0.05) is 13.8 Å². The molecule has 2 heterocycles. The van der Waals surface area contributed by atoms with Gasteiger partial charge < -0.3 is 15.0 Å². The Bertz CT molecular complexity index is 410. The molecule has 1 fully saturated rings. The number of hydrogen-bond donors (Lipinski definition) is 1. The van der Waals surface area contributed by atoms with Crippen LogP contribution in [0.25, 0.3) is 0 Å². The second kappa shape index (κ2) is 6.70. The van der Waals surface area contributed by atoms with Crippen molar-refractivity contribution >= 4 is 11.8 Å². The van der Waals surface area contributed by atoms with Crippen LogP contribution >= 0.6 is 0 Å². The van der Waals surface area contributed by atoms with Crippen molar-refractivity contribution in [3.8, 4) is 0 Å². The molecule has 1 atom stereocenters. The number of aromatic nitrogens is 2. The molecule has 1 N–H and O–H groups in total. The van der Waals surface area contributed by atoms with Gasteiger partial charge in [0.05, 0.1) is 12.7 Å². The van der Waals surface area contributed by atoms with Crippen LogP contribution < -0.4 is 10.2 Å². The van der Waals surface area contributed by atoms with E-state index in [1.54, 1.807) is 0 Å². The molecule has 0 saturated carbocycles. The zero-order valence-corrected chi connectivity index (χ0v) is 12.1. The number of aryl methyl sites for hydroxylation is 1. The van der Waals surface area contributed by atoms with E-state index in [0.29, 0.717) is 6.10 Å². The zero-order valence-electron chi connectivity index (χ0n) is 12.1. The van der Waals surface area contributed by atoms with E-state index in [9.17, 15) is 0 Å². The summed E-state index contributed by atoms with van der Waals surface area (Å²) in [6.45, 7) is 9.81. The largest absolute Gasteiger partial charge is 0.375 e. The Labute approximate surface area is 115 Å². The second-order valence-corrected chi connectivity index (χ2v) is 4.96. The molecule has 0 radical (unpaired) electrons. The highest BCUT2D eigenvalue weighted by molar-refractivity contribution is 5.45. The van der Waals surface area contributed by atoms with E-state index < -0.39 is 0 Å². The summed E-state index contributed by atoms with van der Waals surface area (Å²) in [6.07, 6.45) is 2.43. The minimum absolute atomic E-state index is 0.316. The zero-order chi connectivity index (χ0) is 13.7. The fraction of sp³-hybridized carbons (Fsp3) is 0.714. The molecule has 1 saturated heterocycles. The summed E-state index contributed by atoms with van der Waals surface area (Å²) in [5, 5.41) is 3.26. The third-order valence-corrected chi connectivity index (χ3v) is 3.29. The van der Waals surface area contributed by atoms with Crippen molar-refractivity contribution in [2.45, 2.75) is 39.7 Å². The first-order valence-electron chi connectivity index (χ1n) is 7.19. The Morgan fingerprint density at radius 1 is 1.42 bits per heavy atom. The van der Waals surface area contributed by atoms with Crippen molar-refractivity contribution in [2.75, 3.05) is 36.5 Å². The molecule has 5 nitrogen and oxygen atoms in total. The Morgan fingerprint density at radius 3 is 3.00 bits per heavy atom. The fourth-order valence-electron chi connectivity index (χ4n) is 2.20. The van der Waals surface area contributed by atoms with Crippen molar-refractivity contribution in [3.05, 3.63) is 11.8 Å². The van der Waals surface area contributed by atoms with E-state index in [2.05, 4.69) is 40.1 Å². The predicted octanol–water partition coefficient (Wildman–Crippen LogP) is 2.22. The van der Waals surface area contributed by atoms with Crippen LogP contribution in [0.15, 0.2) is 6.07 Å². The average molecular weight is 264 g/mol. The summed E-state index contributed by atoms with van der Waals surface area (Å²) in [7, 11) is 0. The van der Waals surface area contributed by atoms with Gasteiger partial charge in [0.1, 0.15) is 5.82 Å². The van der Waals surface area contributed by atoms with E-state index >= 15 is 0 Å². The van der Waals surface area contributed by atoms with Crippen LogP contribution in [-0.4, -0.2) is 42.3 Å². The lowest BCUT2D eigenvalue weighted by Gasteiger charge is -2.33. The molecule has 2 rings (SSSR count). The number of rotatable bonds is 5. The van der Waals surface area contributed by atoms with Crippen LogP contribution in [0, 0.1) is 6.92 Å². The molecule has 0 amide bonds. The molecule has 1 unspecified atom stereocenters.